The average molecular weight is 241 g/mol. The second-order valence-corrected chi connectivity index (χ2v) is 4.08. The van der Waals surface area contributed by atoms with Crippen molar-refractivity contribution in [2.75, 3.05) is 13.1 Å². The number of alkyl halides is 3. The van der Waals surface area contributed by atoms with Crippen LogP contribution in [0.5, 0.6) is 0 Å². The summed E-state index contributed by atoms with van der Waals surface area (Å²) in [6, 6.07) is 0. The molecule has 0 aromatic rings. The Bertz CT molecular complexity index is 251. The molecule has 7 heteroatoms. The number of carbonyl (C=O) groups is 1. The molecule has 4 nitrogen and oxygen atoms in total. The molecule has 16 heavy (non-hydrogen) atoms. The topological polar surface area (TPSA) is 69.6 Å². The summed E-state index contributed by atoms with van der Waals surface area (Å²) < 4.78 is 36.6. The number of rotatable bonds is 5. The molecule has 0 aliphatic heterocycles. The molecule has 0 bridgehead atoms. The lowest BCUT2D eigenvalue weighted by atomic mass is 9.82. The van der Waals surface area contributed by atoms with E-state index in [0.29, 0.717) is 19.4 Å². The van der Waals surface area contributed by atoms with Gasteiger partial charge >= 0.3 is 12.1 Å². The molecular formula is C9H14F3NO3. The number of halogens is 3. The van der Waals surface area contributed by atoms with Crippen LogP contribution in [0.15, 0.2) is 0 Å². The molecule has 3 N–H and O–H groups in total. The fraction of sp³-hybridized carbons (Fsp3) is 0.889. The molecule has 1 atom stereocenters. The molecule has 1 unspecified atom stereocenters. The van der Waals surface area contributed by atoms with E-state index in [2.05, 4.69) is 5.32 Å². The van der Waals surface area contributed by atoms with Gasteiger partial charge in [-0.15, -0.1) is 0 Å². The van der Waals surface area contributed by atoms with Gasteiger partial charge in [0.15, 0.2) is 5.92 Å². The number of hydrogen-bond donors (Lipinski definition) is 3. The molecule has 0 saturated heterocycles. The predicted molar refractivity (Wildman–Crippen MR) is 48.8 cm³/mol. The standard InChI is InChI=1S/C9H14F3NO3/c10-9(11,12)7(8(15)16)4-13-3-5-1-6(14)2-5/h5-7,13-14H,1-4H2,(H,15,16). The summed E-state index contributed by atoms with van der Waals surface area (Å²) >= 11 is 0. The molecule has 0 heterocycles. The number of nitrogens with one attached hydrogen (secondary N) is 1. The van der Waals surface area contributed by atoms with Crippen molar-refractivity contribution in [3.05, 3.63) is 0 Å². The van der Waals surface area contributed by atoms with Gasteiger partial charge in [-0.3, -0.25) is 4.79 Å². The van der Waals surface area contributed by atoms with Gasteiger partial charge in [0.2, 0.25) is 0 Å². The van der Waals surface area contributed by atoms with Crippen molar-refractivity contribution in [1.82, 2.24) is 5.32 Å². The average Bonchev–Trinajstić information content (AvgIpc) is 2.05. The van der Waals surface area contributed by atoms with Crippen LogP contribution in [0.2, 0.25) is 0 Å². The van der Waals surface area contributed by atoms with Gasteiger partial charge in [0.1, 0.15) is 0 Å². The third-order valence-corrected chi connectivity index (χ3v) is 2.69. The lowest BCUT2D eigenvalue weighted by Gasteiger charge is -2.31. The van der Waals surface area contributed by atoms with E-state index in [4.69, 9.17) is 10.2 Å². The van der Waals surface area contributed by atoms with Crippen molar-refractivity contribution < 1.29 is 28.2 Å². The van der Waals surface area contributed by atoms with E-state index < -0.39 is 24.6 Å². The maximum absolute atomic E-state index is 12.2. The SMILES string of the molecule is O=C(O)C(CNCC1CC(O)C1)C(F)(F)F. The normalized spacial score (nSPS) is 27.2. The number of aliphatic carboxylic acids is 1. The summed E-state index contributed by atoms with van der Waals surface area (Å²) in [5.41, 5.74) is 0. The fourth-order valence-corrected chi connectivity index (χ4v) is 1.64. The first-order valence-electron chi connectivity index (χ1n) is 4.99. The van der Waals surface area contributed by atoms with Crippen LogP contribution in [0.3, 0.4) is 0 Å². The zero-order valence-electron chi connectivity index (χ0n) is 8.50. The lowest BCUT2D eigenvalue weighted by molar-refractivity contribution is -0.192. The Kier molecular flexibility index (Phi) is 4.15. The minimum Gasteiger partial charge on any atom is -0.481 e. The Hall–Kier alpha value is -0.820. The third-order valence-electron chi connectivity index (χ3n) is 2.69. The van der Waals surface area contributed by atoms with Gasteiger partial charge in [-0.1, -0.05) is 0 Å². The molecule has 0 amide bonds. The molecule has 0 aromatic carbocycles. The van der Waals surface area contributed by atoms with Crippen molar-refractivity contribution in [2.24, 2.45) is 11.8 Å². The van der Waals surface area contributed by atoms with Crippen molar-refractivity contribution >= 4 is 5.97 Å². The molecule has 1 fully saturated rings. The van der Waals surface area contributed by atoms with Crippen LogP contribution in [0.25, 0.3) is 0 Å². The maximum Gasteiger partial charge on any atom is 0.403 e. The number of hydrogen-bond acceptors (Lipinski definition) is 3. The summed E-state index contributed by atoms with van der Waals surface area (Å²) in [5.74, 6) is -4.08. The monoisotopic (exact) mass is 241 g/mol. The van der Waals surface area contributed by atoms with Crippen molar-refractivity contribution in [3.8, 4) is 0 Å². The van der Waals surface area contributed by atoms with Crippen LogP contribution in [0.4, 0.5) is 13.2 Å². The molecule has 1 rings (SSSR count). The minimum absolute atomic E-state index is 0.151. The number of aliphatic hydroxyl groups excluding tert-OH is 1. The molecule has 0 radical (unpaired) electrons. The number of carboxylic acids is 1. The maximum atomic E-state index is 12.2. The smallest absolute Gasteiger partial charge is 0.403 e. The first kappa shape index (κ1) is 13.2. The Balaban J connectivity index is 2.26. The van der Waals surface area contributed by atoms with E-state index in [1.165, 1.54) is 0 Å². The quantitative estimate of drug-likeness (QED) is 0.659. The number of carboxylic acid groups (broad SMARTS) is 1. The van der Waals surface area contributed by atoms with E-state index >= 15 is 0 Å². The highest BCUT2D eigenvalue weighted by molar-refractivity contribution is 5.71. The highest BCUT2D eigenvalue weighted by Crippen LogP contribution is 2.28. The third kappa shape index (κ3) is 3.64. The Morgan fingerprint density at radius 3 is 2.38 bits per heavy atom. The summed E-state index contributed by atoms with van der Waals surface area (Å²) in [5, 5.41) is 19.8. The molecule has 0 aromatic heterocycles. The summed E-state index contributed by atoms with van der Waals surface area (Å²) in [6.07, 6.45) is -3.95. The van der Waals surface area contributed by atoms with E-state index in [9.17, 15) is 18.0 Å². The second kappa shape index (κ2) is 5.01. The van der Waals surface area contributed by atoms with Crippen LogP contribution in [-0.2, 0) is 4.79 Å². The number of aliphatic hydroxyl groups is 1. The molecule has 0 spiro atoms. The van der Waals surface area contributed by atoms with Crippen molar-refractivity contribution in [2.45, 2.75) is 25.1 Å². The van der Waals surface area contributed by atoms with E-state index in [0.717, 1.165) is 0 Å². The second-order valence-electron chi connectivity index (χ2n) is 4.08. The highest BCUT2D eigenvalue weighted by atomic mass is 19.4. The van der Waals surface area contributed by atoms with E-state index in [1.54, 1.807) is 0 Å². The van der Waals surface area contributed by atoms with Crippen LogP contribution >= 0.6 is 0 Å². The molecule has 1 saturated carbocycles. The van der Waals surface area contributed by atoms with Gasteiger partial charge in [0, 0.05) is 6.54 Å². The Labute approximate surface area is 90.4 Å². The van der Waals surface area contributed by atoms with Crippen LogP contribution in [0, 0.1) is 11.8 Å². The lowest BCUT2D eigenvalue weighted by Crippen LogP contribution is -2.42. The summed E-state index contributed by atoms with van der Waals surface area (Å²) in [7, 11) is 0. The van der Waals surface area contributed by atoms with Gasteiger partial charge in [-0.2, -0.15) is 13.2 Å². The van der Waals surface area contributed by atoms with Crippen molar-refractivity contribution in [1.29, 1.82) is 0 Å². The van der Waals surface area contributed by atoms with Crippen LogP contribution in [0.1, 0.15) is 12.8 Å². The van der Waals surface area contributed by atoms with Gasteiger partial charge in [0.25, 0.3) is 0 Å². The van der Waals surface area contributed by atoms with Gasteiger partial charge in [-0.25, -0.2) is 0 Å². The van der Waals surface area contributed by atoms with Gasteiger partial charge in [-0.05, 0) is 25.3 Å². The molecular weight excluding hydrogens is 227 g/mol. The first-order valence-corrected chi connectivity index (χ1v) is 4.99. The Morgan fingerprint density at radius 2 is 2.00 bits per heavy atom. The van der Waals surface area contributed by atoms with Gasteiger partial charge < -0.3 is 15.5 Å². The summed E-state index contributed by atoms with van der Waals surface area (Å²) in [6.45, 7) is -0.303. The zero-order chi connectivity index (χ0) is 12.3. The molecule has 1 aliphatic carbocycles. The van der Waals surface area contributed by atoms with Crippen LogP contribution in [-0.4, -0.2) is 41.6 Å². The fourth-order valence-electron chi connectivity index (χ4n) is 1.64. The van der Waals surface area contributed by atoms with Gasteiger partial charge in [0.05, 0.1) is 6.10 Å². The van der Waals surface area contributed by atoms with E-state index in [-0.39, 0.29) is 12.0 Å². The van der Waals surface area contributed by atoms with Crippen LogP contribution < -0.4 is 5.32 Å². The predicted octanol–water partition coefficient (Wildman–Crippen LogP) is 0.610. The Morgan fingerprint density at radius 1 is 1.44 bits per heavy atom. The minimum atomic E-state index is -4.72. The highest BCUT2D eigenvalue weighted by Gasteiger charge is 2.44. The van der Waals surface area contributed by atoms with Crippen molar-refractivity contribution in [3.63, 3.8) is 0 Å². The zero-order valence-corrected chi connectivity index (χ0v) is 8.50. The largest absolute Gasteiger partial charge is 0.481 e. The molecule has 1 aliphatic rings. The summed E-state index contributed by atoms with van der Waals surface area (Å²) in [4.78, 5) is 10.4. The van der Waals surface area contributed by atoms with E-state index in [1.807, 2.05) is 0 Å². The first-order chi connectivity index (χ1) is 7.30. The molecule has 94 valence electrons.